The zero-order valence-electron chi connectivity index (χ0n) is 15.3. The van der Waals surface area contributed by atoms with Crippen molar-refractivity contribution < 1.29 is 14.3 Å². The Balaban J connectivity index is 1.90. The summed E-state index contributed by atoms with van der Waals surface area (Å²) < 4.78 is 4.85. The number of amides is 1. The monoisotopic (exact) mass is 356 g/mol. The predicted molar refractivity (Wildman–Crippen MR) is 101 cm³/mol. The Bertz CT molecular complexity index is 739. The van der Waals surface area contributed by atoms with Crippen LogP contribution in [-0.2, 0) is 14.3 Å². The van der Waals surface area contributed by atoms with Crippen molar-refractivity contribution in [1.82, 2.24) is 10.2 Å². The van der Waals surface area contributed by atoms with Crippen LogP contribution in [0.1, 0.15) is 12.5 Å². The van der Waals surface area contributed by atoms with Crippen LogP contribution in [0.15, 0.2) is 29.3 Å². The summed E-state index contributed by atoms with van der Waals surface area (Å²) in [5, 5.41) is 5.82. The van der Waals surface area contributed by atoms with Crippen LogP contribution < -0.4 is 10.6 Å². The molecule has 0 aromatic heterocycles. The number of esters is 1. The molecule has 26 heavy (non-hydrogen) atoms. The van der Waals surface area contributed by atoms with Crippen molar-refractivity contribution in [2.24, 2.45) is 16.8 Å². The first-order valence-corrected chi connectivity index (χ1v) is 8.38. The lowest BCUT2D eigenvalue weighted by molar-refractivity contribution is -0.146. The molecule has 138 valence electrons. The fourth-order valence-corrected chi connectivity index (χ4v) is 2.98. The first kappa shape index (κ1) is 19.3. The second-order valence-electron chi connectivity index (χ2n) is 6.19. The van der Waals surface area contributed by atoms with Crippen molar-refractivity contribution in [2.75, 3.05) is 39.1 Å². The zero-order valence-corrected chi connectivity index (χ0v) is 15.3. The van der Waals surface area contributed by atoms with Gasteiger partial charge < -0.3 is 20.3 Å². The van der Waals surface area contributed by atoms with Crippen LogP contribution in [0.4, 0.5) is 5.69 Å². The molecule has 0 aliphatic carbocycles. The number of guanidine groups is 1. The molecule has 2 atom stereocenters. The first-order chi connectivity index (χ1) is 12.5. The lowest BCUT2D eigenvalue weighted by atomic mass is 9.99. The van der Waals surface area contributed by atoms with Crippen LogP contribution in [0.5, 0.6) is 0 Å². The fourth-order valence-electron chi connectivity index (χ4n) is 2.98. The molecule has 0 bridgehead atoms. The average Bonchev–Trinajstić information content (AvgIpc) is 3.03. The predicted octanol–water partition coefficient (Wildman–Crippen LogP) is 0.923. The van der Waals surface area contributed by atoms with Crippen LogP contribution in [0.2, 0.25) is 0 Å². The molecule has 7 heteroatoms. The van der Waals surface area contributed by atoms with Crippen LogP contribution in [-0.4, -0.2) is 56.5 Å². The van der Waals surface area contributed by atoms with Gasteiger partial charge in [0, 0.05) is 31.4 Å². The molecular weight excluding hydrogens is 332 g/mol. The third-order valence-corrected chi connectivity index (χ3v) is 4.35. The second kappa shape index (κ2) is 8.90. The number of terminal acetylenes is 1. The summed E-state index contributed by atoms with van der Waals surface area (Å²) in [6, 6.07) is 7.09. The molecule has 1 heterocycles. The van der Waals surface area contributed by atoms with E-state index >= 15 is 0 Å². The van der Waals surface area contributed by atoms with E-state index < -0.39 is 0 Å². The van der Waals surface area contributed by atoms with E-state index in [2.05, 4.69) is 21.5 Å². The molecule has 1 aromatic rings. The number of aliphatic imine (C=N–C) groups is 1. The van der Waals surface area contributed by atoms with Crippen molar-refractivity contribution >= 4 is 23.5 Å². The van der Waals surface area contributed by atoms with Crippen molar-refractivity contribution in [3.8, 4) is 12.3 Å². The van der Waals surface area contributed by atoms with Gasteiger partial charge in [-0.3, -0.25) is 14.6 Å². The van der Waals surface area contributed by atoms with Crippen molar-refractivity contribution in [2.45, 2.75) is 6.92 Å². The molecule has 2 rings (SSSR count). The minimum Gasteiger partial charge on any atom is -0.469 e. The molecule has 0 saturated carbocycles. The lowest BCUT2D eigenvalue weighted by Gasteiger charge is -2.21. The molecule has 0 radical (unpaired) electrons. The number of hydrogen-bond acceptors (Lipinski definition) is 4. The van der Waals surface area contributed by atoms with Gasteiger partial charge in [0.1, 0.15) is 0 Å². The van der Waals surface area contributed by atoms with Gasteiger partial charge in [-0.25, -0.2) is 0 Å². The Labute approximate surface area is 153 Å². The summed E-state index contributed by atoms with van der Waals surface area (Å²) in [6.45, 7) is 3.24. The van der Waals surface area contributed by atoms with Crippen molar-refractivity contribution in [1.29, 1.82) is 0 Å². The maximum Gasteiger partial charge on any atom is 0.310 e. The van der Waals surface area contributed by atoms with E-state index in [1.165, 1.54) is 7.11 Å². The van der Waals surface area contributed by atoms with Crippen LogP contribution in [0, 0.1) is 24.2 Å². The number of ether oxygens (including phenoxy) is 1. The molecular formula is C19H24N4O3. The maximum atomic E-state index is 12.2. The van der Waals surface area contributed by atoms with Crippen molar-refractivity contribution in [3.05, 3.63) is 29.8 Å². The van der Waals surface area contributed by atoms with Gasteiger partial charge >= 0.3 is 5.97 Å². The van der Waals surface area contributed by atoms with Crippen molar-refractivity contribution in [3.63, 3.8) is 0 Å². The van der Waals surface area contributed by atoms with E-state index in [-0.39, 0.29) is 30.3 Å². The number of nitrogens with zero attached hydrogens (tertiary/aromatic N) is 2. The highest BCUT2D eigenvalue weighted by molar-refractivity contribution is 5.95. The summed E-state index contributed by atoms with van der Waals surface area (Å²) in [5.41, 5.74) is 1.34. The summed E-state index contributed by atoms with van der Waals surface area (Å²) in [5.74, 6) is 2.63. The van der Waals surface area contributed by atoms with Gasteiger partial charge in [0.05, 0.1) is 19.6 Å². The van der Waals surface area contributed by atoms with Gasteiger partial charge in [0.2, 0.25) is 5.91 Å². The standard InChI is InChI=1S/C19H24N4O3/c1-5-14-7-6-8-15(9-14)22-17(24)10-21-19(20-3)23-11-13(2)16(12-23)18(25)26-4/h1,6-9,13,16H,10-12H2,2-4H3,(H,20,21)(H,22,24). The number of carbonyl (C=O) groups is 2. The highest BCUT2D eigenvalue weighted by Gasteiger charge is 2.36. The summed E-state index contributed by atoms with van der Waals surface area (Å²) in [7, 11) is 3.04. The Morgan fingerprint density at radius 2 is 2.19 bits per heavy atom. The topological polar surface area (TPSA) is 83.0 Å². The molecule has 2 N–H and O–H groups in total. The summed E-state index contributed by atoms with van der Waals surface area (Å²) in [4.78, 5) is 30.1. The lowest BCUT2D eigenvalue weighted by Crippen LogP contribution is -2.43. The highest BCUT2D eigenvalue weighted by atomic mass is 16.5. The van der Waals surface area contributed by atoms with Gasteiger partial charge in [0.25, 0.3) is 0 Å². The van der Waals surface area contributed by atoms with E-state index in [0.717, 1.165) is 0 Å². The SMILES string of the molecule is C#Cc1cccc(NC(=O)CNC(=NC)N2CC(C)C(C(=O)OC)C2)c1. The largest absolute Gasteiger partial charge is 0.469 e. The summed E-state index contributed by atoms with van der Waals surface area (Å²) in [6.07, 6.45) is 5.36. The average molecular weight is 356 g/mol. The van der Waals surface area contributed by atoms with E-state index in [4.69, 9.17) is 11.2 Å². The fraction of sp³-hybridized carbons (Fsp3) is 0.421. The second-order valence-corrected chi connectivity index (χ2v) is 6.19. The van der Waals surface area contributed by atoms with Crippen LogP contribution in [0.3, 0.4) is 0 Å². The molecule has 2 unspecified atom stereocenters. The number of carbonyl (C=O) groups excluding carboxylic acids is 2. The Hall–Kier alpha value is -3.01. The number of anilines is 1. The minimum atomic E-state index is -0.221. The van der Waals surface area contributed by atoms with E-state index in [1.807, 2.05) is 11.8 Å². The normalized spacial score (nSPS) is 19.6. The van der Waals surface area contributed by atoms with Crippen LogP contribution >= 0.6 is 0 Å². The number of benzene rings is 1. The molecule has 1 saturated heterocycles. The Morgan fingerprint density at radius 1 is 1.42 bits per heavy atom. The first-order valence-electron chi connectivity index (χ1n) is 8.38. The van der Waals surface area contributed by atoms with Gasteiger partial charge in [-0.15, -0.1) is 6.42 Å². The Kier molecular flexibility index (Phi) is 6.61. The van der Waals surface area contributed by atoms with Gasteiger partial charge in [0.15, 0.2) is 5.96 Å². The third-order valence-electron chi connectivity index (χ3n) is 4.35. The maximum absolute atomic E-state index is 12.2. The smallest absolute Gasteiger partial charge is 0.310 e. The third kappa shape index (κ3) is 4.76. The van der Waals surface area contributed by atoms with E-state index in [0.29, 0.717) is 30.3 Å². The van der Waals surface area contributed by atoms with E-state index in [9.17, 15) is 9.59 Å². The molecule has 1 aliphatic rings. The molecule has 0 spiro atoms. The number of rotatable bonds is 4. The minimum absolute atomic E-state index is 0.0563. The highest BCUT2D eigenvalue weighted by Crippen LogP contribution is 2.24. The van der Waals surface area contributed by atoms with Crippen LogP contribution in [0.25, 0.3) is 0 Å². The zero-order chi connectivity index (χ0) is 19.1. The summed E-state index contributed by atoms with van der Waals surface area (Å²) >= 11 is 0. The number of hydrogen-bond donors (Lipinski definition) is 2. The molecule has 7 nitrogen and oxygen atoms in total. The molecule has 1 aromatic carbocycles. The molecule has 1 fully saturated rings. The molecule has 1 amide bonds. The van der Waals surface area contributed by atoms with Gasteiger partial charge in [-0.05, 0) is 24.1 Å². The number of methoxy groups -OCH3 is 1. The van der Waals surface area contributed by atoms with Gasteiger partial charge in [-0.1, -0.05) is 18.9 Å². The number of nitrogens with one attached hydrogen (secondary N) is 2. The molecule has 1 aliphatic heterocycles. The number of likely N-dealkylation sites (tertiary alicyclic amines) is 1. The van der Waals surface area contributed by atoms with Gasteiger partial charge in [-0.2, -0.15) is 0 Å². The quantitative estimate of drug-likeness (QED) is 0.363. The van der Waals surface area contributed by atoms with E-state index in [1.54, 1.807) is 31.3 Å². The Morgan fingerprint density at radius 3 is 2.85 bits per heavy atom.